The summed E-state index contributed by atoms with van der Waals surface area (Å²) in [6.07, 6.45) is 9.03. The first-order valence-electron chi connectivity index (χ1n) is 3.74. The van der Waals surface area contributed by atoms with Crippen molar-refractivity contribution in [2.24, 2.45) is 0 Å². The minimum absolute atomic E-state index is 0.482. The monoisotopic (exact) mass is 184 g/mol. The molecule has 0 N–H and O–H groups in total. The largest absolute Gasteiger partial charge is 0.224 e. The summed E-state index contributed by atoms with van der Waals surface area (Å²) in [7, 11) is -3.01. The van der Waals surface area contributed by atoms with Gasteiger partial charge in [0.2, 0.25) is 0 Å². The topological polar surface area (TPSA) is 34.1 Å². The fourth-order valence-electron chi connectivity index (χ4n) is 0.984. The molecule has 0 heterocycles. The summed E-state index contributed by atoms with van der Waals surface area (Å²) in [5.41, 5.74) is 1.08. The average Bonchev–Trinajstić information content (AvgIpc) is 2.11. The summed E-state index contributed by atoms with van der Waals surface area (Å²) < 4.78 is 22.2. The molecule has 0 aromatic carbocycles. The Kier molecular flexibility index (Phi) is 2.52. The molecule has 1 aliphatic carbocycles. The highest BCUT2D eigenvalue weighted by atomic mass is 32.2. The molecular formula is C9H12O2S. The highest BCUT2D eigenvalue weighted by Gasteiger charge is 2.09. The van der Waals surface area contributed by atoms with E-state index in [2.05, 4.69) is 0 Å². The van der Waals surface area contributed by atoms with Crippen molar-refractivity contribution in [3.8, 4) is 0 Å². The van der Waals surface area contributed by atoms with Crippen molar-refractivity contribution in [2.45, 2.75) is 13.3 Å². The molecule has 0 saturated heterocycles. The van der Waals surface area contributed by atoms with Crippen molar-refractivity contribution < 1.29 is 8.42 Å². The highest BCUT2D eigenvalue weighted by Crippen LogP contribution is 2.15. The molecule has 12 heavy (non-hydrogen) atoms. The van der Waals surface area contributed by atoms with E-state index in [0.717, 1.165) is 5.57 Å². The summed E-state index contributed by atoms with van der Waals surface area (Å²) in [6, 6.07) is 0. The van der Waals surface area contributed by atoms with Crippen molar-refractivity contribution >= 4 is 9.84 Å². The molecule has 1 aliphatic rings. The maximum absolute atomic E-state index is 11.1. The Morgan fingerprint density at radius 2 is 2.00 bits per heavy atom. The van der Waals surface area contributed by atoms with Gasteiger partial charge in [-0.1, -0.05) is 23.8 Å². The molecule has 0 aromatic rings. The van der Waals surface area contributed by atoms with Gasteiger partial charge in [-0.2, -0.15) is 0 Å². The molecule has 0 amide bonds. The molecule has 0 unspecified atom stereocenters. The van der Waals surface area contributed by atoms with Crippen LogP contribution >= 0.6 is 0 Å². The van der Waals surface area contributed by atoms with Crippen LogP contribution in [0.25, 0.3) is 0 Å². The molecular weight excluding hydrogens is 172 g/mol. The number of rotatable bonds is 1. The van der Waals surface area contributed by atoms with Crippen LogP contribution in [0.15, 0.2) is 34.8 Å². The van der Waals surface area contributed by atoms with Gasteiger partial charge in [-0.25, -0.2) is 8.42 Å². The lowest BCUT2D eigenvalue weighted by atomic mass is 10.3. The van der Waals surface area contributed by atoms with Gasteiger partial charge < -0.3 is 0 Å². The third-order valence-electron chi connectivity index (χ3n) is 1.71. The van der Waals surface area contributed by atoms with Gasteiger partial charge in [-0.3, -0.25) is 0 Å². The van der Waals surface area contributed by atoms with Crippen LogP contribution in [0.2, 0.25) is 0 Å². The van der Waals surface area contributed by atoms with Gasteiger partial charge in [-0.15, -0.1) is 0 Å². The predicted molar refractivity (Wildman–Crippen MR) is 50.4 cm³/mol. The Bertz CT molecular complexity index is 356. The molecule has 0 aliphatic heterocycles. The lowest BCUT2D eigenvalue weighted by Crippen LogP contribution is -1.99. The Morgan fingerprint density at radius 3 is 2.58 bits per heavy atom. The Balaban J connectivity index is 3.05. The predicted octanol–water partition coefficient (Wildman–Crippen LogP) is 1.82. The molecule has 0 bridgehead atoms. The van der Waals surface area contributed by atoms with Gasteiger partial charge in [0.25, 0.3) is 0 Å². The minimum atomic E-state index is -3.01. The highest BCUT2D eigenvalue weighted by molar-refractivity contribution is 7.94. The fourth-order valence-corrected chi connectivity index (χ4v) is 1.70. The number of sulfone groups is 1. The maximum atomic E-state index is 11.1. The van der Waals surface area contributed by atoms with Gasteiger partial charge >= 0.3 is 0 Å². The van der Waals surface area contributed by atoms with Gasteiger partial charge in [0.15, 0.2) is 9.84 Å². The second-order valence-corrected chi connectivity index (χ2v) is 4.99. The van der Waals surface area contributed by atoms with Gasteiger partial charge in [0.1, 0.15) is 0 Å². The number of hydrogen-bond acceptors (Lipinski definition) is 2. The van der Waals surface area contributed by atoms with E-state index < -0.39 is 9.84 Å². The second kappa shape index (κ2) is 3.27. The fraction of sp³-hybridized carbons (Fsp3) is 0.333. The summed E-state index contributed by atoms with van der Waals surface area (Å²) in [6.45, 7) is 1.94. The van der Waals surface area contributed by atoms with E-state index in [1.54, 1.807) is 6.08 Å². The summed E-state index contributed by atoms with van der Waals surface area (Å²) in [5.74, 6) is 0. The first kappa shape index (κ1) is 9.26. The Hall–Kier alpha value is -0.830. The van der Waals surface area contributed by atoms with Crippen LogP contribution in [-0.2, 0) is 9.84 Å². The van der Waals surface area contributed by atoms with Crippen molar-refractivity contribution in [1.29, 1.82) is 0 Å². The second-order valence-electron chi connectivity index (χ2n) is 2.92. The molecule has 0 saturated carbocycles. The summed E-state index contributed by atoms with van der Waals surface area (Å²) in [5, 5.41) is 0. The Labute approximate surface area is 73.2 Å². The maximum Gasteiger partial charge on any atom is 0.172 e. The zero-order chi connectivity index (χ0) is 9.19. The Morgan fingerprint density at radius 1 is 1.33 bits per heavy atom. The molecule has 2 nitrogen and oxygen atoms in total. The van der Waals surface area contributed by atoms with E-state index in [4.69, 9.17) is 0 Å². The SMILES string of the molecule is CC1=CC=C(S(C)(=O)=O)CC=C1. The molecule has 3 heteroatoms. The van der Waals surface area contributed by atoms with Crippen molar-refractivity contribution in [3.05, 3.63) is 34.8 Å². The molecule has 0 radical (unpaired) electrons. The van der Waals surface area contributed by atoms with Crippen LogP contribution < -0.4 is 0 Å². The smallest absolute Gasteiger partial charge is 0.172 e. The van der Waals surface area contributed by atoms with Crippen LogP contribution in [0.3, 0.4) is 0 Å². The summed E-state index contributed by atoms with van der Waals surface area (Å²) in [4.78, 5) is 0.482. The summed E-state index contributed by atoms with van der Waals surface area (Å²) >= 11 is 0. The zero-order valence-corrected chi connectivity index (χ0v) is 8.06. The standard InChI is InChI=1S/C9H12O2S/c1-8-4-3-5-9(7-6-8)12(2,10)11/h3-4,6-7H,5H2,1-2H3. The van der Waals surface area contributed by atoms with E-state index in [0.29, 0.717) is 11.3 Å². The molecule has 1 rings (SSSR count). The third kappa shape index (κ3) is 2.34. The van der Waals surface area contributed by atoms with Crippen LogP contribution in [0, 0.1) is 0 Å². The van der Waals surface area contributed by atoms with Gasteiger partial charge in [0, 0.05) is 17.6 Å². The average molecular weight is 184 g/mol. The molecule has 66 valence electrons. The lowest BCUT2D eigenvalue weighted by Gasteiger charge is -1.97. The zero-order valence-electron chi connectivity index (χ0n) is 7.24. The van der Waals surface area contributed by atoms with Crippen molar-refractivity contribution in [3.63, 3.8) is 0 Å². The van der Waals surface area contributed by atoms with Gasteiger partial charge in [0.05, 0.1) is 0 Å². The van der Waals surface area contributed by atoms with Crippen molar-refractivity contribution in [1.82, 2.24) is 0 Å². The van der Waals surface area contributed by atoms with Crippen molar-refractivity contribution in [2.75, 3.05) is 6.26 Å². The molecule has 0 spiro atoms. The normalized spacial score (nSPS) is 18.2. The minimum Gasteiger partial charge on any atom is -0.224 e. The third-order valence-corrected chi connectivity index (χ3v) is 2.96. The van der Waals surface area contributed by atoms with Gasteiger partial charge in [-0.05, 0) is 13.0 Å². The number of hydrogen-bond donors (Lipinski definition) is 0. The lowest BCUT2D eigenvalue weighted by molar-refractivity contribution is 0.607. The number of allylic oxidation sites excluding steroid dienone is 6. The quantitative estimate of drug-likeness (QED) is 0.623. The van der Waals surface area contributed by atoms with E-state index >= 15 is 0 Å². The van der Waals surface area contributed by atoms with Crippen LogP contribution in [-0.4, -0.2) is 14.7 Å². The molecule has 0 atom stereocenters. The van der Waals surface area contributed by atoms with E-state index in [-0.39, 0.29) is 0 Å². The van der Waals surface area contributed by atoms with E-state index in [1.807, 2.05) is 25.2 Å². The van der Waals surface area contributed by atoms with E-state index in [9.17, 15) is 8.42 Å². The first-order chi connectivity index (χ1) is 5.50. The molecule has 0 fully saturated rings. The van der Waals surface area contributed by atoms with E-state index in [1.165, 1.54) is 6.26 Å². The van der Waals surface area contributed by atoms with Crippen LogP contribution in [0.1, 0.15) is 13.3 Å². The molecule has 0 aromatic heterocycles. The van der Waals surface area contributed by atoms with Crippen LogP contribution in [0.4, 0.5) is 0 Å². The first-order valence-corrected chi connectivity index (χ1v) is 5.63. The van der Waals surface area contributed by atoms with Crippen LogP contribution in [0.5, 0.6) is 0 Å².